The summed E-state index contributed by atoms with van der Waals surface area (Å²) in [6.07, 6.45) is 0. The second kappa shape index (κ2) is 5.44. The van der Waals surface area contributed by atoms with Gasteiger partial charge in [-0.2, -0.15) is 0 Å². The maximum atomic E-state index is 12.4. The van der Waals surface area contributed by atoms with Crippen LogP contribution in [0.15, 0.2) is 42.5 Å². The summed E-state index contributed by atoms with van der Waals surface area (Å²) < 4.78 is 10.3. The lowest BCUT2D eigenvalue weighted by Crippen LogP contribution is -2.05. The largest absolute Gasteiger partial charge is 0.497 e. The van der Waals surface area contributed by atoms with Gasteiger partial charge in [-0.3, -0.25) is 4.79 Å². The SMILES string of the molecule is COc1ccc(C(=O)c2cccc(N)c2OC)cc1. The molecule has 0 aromatic heterocycles. The normalized spacial score (nSPS) is 10.0. The van der Waals surface area contributed by atoms with E-state index in [1.54, 1.807) is 49.6 Å². The van der Waals surface area contributed by atoms with Crippen LogP contribution in [0.2, 0.25) is 0 Å². The average molecular weight is 257 g/mol. The highest BCUT2D eigenvalue weighted by Crippen LogP contribution is 2.28. The number of methoxy groups -OCH3 is 2. The number of rotatable bonds is 4. The van der Waals surface area contributed by atoms with Gasteiger partial charge in [0.05, 0.1) is 25.5 Å². The molecular formula is C15H15NO3. The second-order valence-electron chi connectivity index (χ2n) is 3.99. The van der Waals surface area contributed by atoms with Gasteiger partial charge in [0.2, 0.25) is 0 Å². The van der Waals surface area contributed by atoms with Crippen molar-refractivity contribution in [3.05, 3.63) is 53.6 Å². The standard InChI is InChI=1S/C15H15NO3/c1-18-11-8-6-10(7-9-11)14(17)12-4-3-5-13(16)15(12)19-2/h3-9H,16H2,1-2H3. The summed E-state index contributed by atoms with van der Waals surface area (Å²) in [4.78, 5) is 12.4. The smallest absolute Gasteiger partial charge is 0.196 e. The summed E-state index contributed by atoms with van der Waals surface area (Å²) >= 11 is 0. The van der Waals surface area contributed by atoms with Gasteiger partial charge in [-0.1, -0.05) is 6.07 Å². The van der Waals surface area contributed by atoms with Crippen molar-refractivity contribution in [3.8, 4) is 11.5 Å². The molecule has 0 fully saturated rings. The number of hydrogen-bond donors (Lipinski definition) is 1. The molecule has 0 aliphatic carbocycles. The number of nitrogens with two attached hydrogens (primary N) is 1. The first-order valence-electron chi connectivity index (χ1n) is 5.78. The monoisotopic (exact) mass is 257 g/mol. The molecule has 0 saturated heterocycles. The molecule has 0 saturated carbocycles. The molecule has 0 spiro atoms. The molecule has 98 valence electrons. The number of ketones is 1. The van der Waals surface area contributed by atoms with Crippen molar-refractivity contribution in [1.29, 1.82) is 0 Å². The van der Waals surface area contributed by atoms with Gasteiger partial charge in [0.25, 0.3) is 0 Å². The fraction of sp³-hybridized carbons (Fsp3) is 0.133. The number of carbonyl (C=O) groups excluding carboxylic acids is 1. The van der Waals surface area contributed by atoms with E-state index in [9.17, 15) is 4.79 Å². The first-order chi connectivity index (χ1) is 9.17. The van der Waals surface area contributed by atoms with Gasteiger partial charge in [0.1, 0.15) is 5.75 Å². The van der Waals surface area contributed by atoms with Crippen LogP contribution in [0, 0.1) is 0 Å². The lowest BCUT2D eigenvalue weighted by Gasteiger charge is -2.10. The molecule has 2 aromatic carbocycles. The lowest BCUT2D eigenvalue weighted by atomic mass is 10.0. The van der Waals surface area contributed by atoms with Gasteiger partial charge < -0.3 is 15.2 Å². The number of anilines is 1. The Bertz CT molecular complexity index is 591. The van der Waals surface area contributed by atoms with Crippen LogP contribution in [-0.4, -0.2) is 20.0 Å². The van der Waals surface area contributed by atoms with E-state index in [2.05, 4.69) is 0 Å². The number of ether oxygens (including phenoxy) is 2. The topological polar surface area (TPSA) is 61.5 Å². The molecule has 19 heavy (non-hydrogen) atoms. The molecule has 0 radical (unpaired) electrons. The van der Waals surface area contributed by atoms with Crippen LogP contribution in [0.1, 0.15) is 15.9 Å². The fourth-order valence-corrected chi connectivity index (χ4v) is 1.86. The van der Waals surface area contributed by atoms with Gasteiger partial charge in [-0.05, 0) is 36.4 Å². The third-order valence-electron chi connectivity index (χ3n) is 2.85. The first-order valence-corrected chi connectivity index (χ1v) is 5.78. The second-order valence-corrected chi connectivity index (χ2v) is 3.99. The first kappa shape index (κ1) is 13.0. The van der Waals surface area contributed by atoms with Crippen LogP contribution in [0.5, 0.6) is 11.5 Å². The average Bonchev–Trinajstić information content (AvgIpc) is 2.46. The van der Waals surface area contributed by atoms with Gasteiger partial charge >= 0.3 is 0 Å². The van der Waals surface area contributed by atoms with E-state index in [1.807, 2.05) is 0 Å². The highest BCUT2D eigenvalue weighted by Gasteiger charge is 2.16. The summed E-state index contributed by atoms with van der Waals surface area (Å²) in [6, 6.07) is 12.0. The van der Waals surface area contributed by atoms with Crippen molar-refractivity contribution >= 4 is 11.5 Å². The maximum Gasteiger partial charge on any atom is 0.196 e. The summed E-state index contributed by atoms with van der Waals surface area (Å²) in [7, 11) is 3.08. The number of para-hydroxylation sites is 1. The zero-order valence-electron chi connectivity index (χ0n) is 10.8. The van der Waals surface area contributed by atoms with Crippen molar-refractivity contribution in [2.75, 3.05) is 20.0 Å². The molecule has 4 nitrogen and oxygen atoms in total. The Balaban J connectivity index is 2.41. The highest BCUT2D eigenvalue weighted by molar-refractivity contribution is 6.11. The highest BCUT2D eigenvalue weighted by atomic mass is 16.5. The Morgan fingerprint density at radius 2 is 1.68 bits per heavy atom. The van der Waals surface area contributed by atoms with Crippen molar-refractivity contribution in [2.24, 2.45) is 0 Å². The quantitative estimate of drug-likeness (QED) is 0.675. The van der Waals surface area contributed by atoms with E-state index >= 15 is 0 Å². The Morgan fingerprint density at radius 1 is 1.00 bits per heavy atom. The molecular weight excluding hydrogens is 242 g/mol. The van der Waals surface area contributed by atoms with Crippen LogP contribution in [-0.2, 0) is 0 Å². The molecule has 2 aromatic rings. The van der Waals surface area contributed by atoms with Crippen molar-refractivity contribution in [3.63, 3.8) is 0 Å². The predicted octanol–water partition coefficient (Wildman–Crippen LogP) is 2.52. The van der Waals surface area contributed by atoms with Crippen molar-refractivity contribution < 1.29 is 14.3 Å². The van der Waals surface area contributed by atoms with E-state index < -0.39 is 0 Å². The van der Waals surface area contributed by atoms with Crippen LogP contribution >= 0.6 is 0 Å². The zero-order chi connectivity index (χ0) is 13.8. The summed E-state index contributed by atoms with van der Waals surface area (Å²) in [6.45, 7) is 0. The van der Waals surface area contributed by atoms with Crippen LogP contribution < -0.4 is 15.2 Å². The van der Waals surface area contributed by atoms with E-state index in [1.165, 1.54) is 7.11 Å². The van der Waals surface area contributed by atoms with E-state index in [4.69, 9.17) is 15.2 Å². The van der Waals surface area contributed by atoms with Crippen LogP contribution in [0.3, 0.4) is 0 Å². The Labute approximate surface area is 111 Å². The Hall–Kier alpha value is -2.49. The van der Waals surface area contributed by atoms with Gasteiger partial charge in [0, 0.05) is 5.56 Å². The number of hydrogen-bond acceptors (Lipinski definition) is 4. The van der Waals surface area contributed by atoms with E-state index in [0.29, 0.717) is 28.3 Å². The minimum Gasteiger partial charge on any atom is -0.497 e. The lowest BCUT2D eigenvalue weighted by molar-refractivity contribution is 0.103. The minimum atomic E-state index is -0.133. The zero-order valence-corrected chi connectivity index (χ0v) is 10.8. The molecule has 0 amide bonds. The number of carbonyl (C=O) groups is 1. The fourth-order valence-electron chi connectivity index (χ4n) is 1.86. The molecule has 0 bridgehead atoms. The molecule has 0 unspecified atom stereocenters. The summed E-state index contributed by atoms with van der Waals surface area (Å²) in [5, 5.41) is 0. The van der Waals surface area contributed by atoms with Gasteiger partial charge in [0.15, 0.2) is 11.5 Å². The van der Waals surface area contributed by atoms with E-state index in [0.717, 1.165) is 0 Å². The third-order valence-corrected chi connectivity index (χ3v) is 2.85. The summed E-state index contributed by atoms with van der Waals surface area (Å²) in [5.41, 5.74) is 7.25. The number of nitrogen functional groups attached to an aromatic ring is 1. The number of benzene rings is 2. The van der Waals surface area contributed by atoms with Crippen LogP contribution in [0.25, 0.3) is 0 Å². The molecule has 0 aliphatic rings. The minimum absolute atomic E-state index is 0.133. The molecule has 0 heterocycles. The Kier molecular flexibility index (Phi) is 3.71. The summed E-state index contributed by atoms with van der Waals surface area (Å²) in [5.74, 6) is 0.978. The van der Waals surface area contributed by atoms with Crippen LogP contribution in [0.4, 0.5) is 5.69 Å². The molecule has 4 heteroatoms. The Morgan fingerprint density at radius 3 is 2.26 bits per heavy atom. The van der Waals surface area contributed by atoms with Crippen molar-refractivity contribution in [1.82, 2.24) is 0 Å². The van der Waals surface area contributed by atoms with E-state index in [-0.39, 0.29) is 5.78 Å². The maximum absolute atomic E-state index is 12.4. The molecule has 2 rings (SSSR count). The van der Waals surface area contributed by atoms with Gasteiger partial charge in [-0.15, -0.1) is 0 Å². The molecule has 2 N–H and O–H groups in total. The third kappa shape index (κ3) is 2.52. The van der Waals surface area contributed by atoms with Crippen molar-refractivity contribution in [2.45, 2.75) is 0 Å². The molecule has 0 aliphatic heterocycles. The predicted molar refractivity (Wildman–Crippen MR) is 73.8 cm³/mol. The molecule has 0 atom stereocenters. The van der Waals surface area contributed by atoms with Gasteiger partial charge in [-0.25, -0.2) is 0 Å².